The Morgan fingerprint density at radius 3 is 2.75 bits per heavy atom. The van der Waals surface area contributed by atoms with E-state index in [-0.39, 0.29) is 18.1 Å². The van der Waals surface area contributed by atoms with Crippen LogP contribution in [0.5, 0.6) is 5.75 Å². The number of hydrogen-bond acceptors (Lipinski definition) is 5. The highest BCUT2D eigenvalue weighted by Gasteiger charge is 2.31. The highest BCUT2D eigenvalue weighted by Crippen LogP contribution is 2.35. The Bertz CT molecular complexity index is 1050. The molecule has 0 radical (unpaired) electrons. The molecular formula is C22H21N3O2S. The van der Waals surface area contributed by atoms with Crippen LogP contribution in [-0.2, 0) is 0 Å². The molecule has 142 valence electrons. The highest BCUT2D eigenvalue weighted by molar-refractivity contribution is 7.11. The molecule has 0 unspecified atom stereocenters. The predicted molar refractivity (Wildman–Crippen MR) is 115 cm³/mol. The lowest BCUT2D eigenvalue weighted by Gasteiger charge is -2.19. The van der Waals surface area contributed by atoms with Gasteiger partial charge in [-0.15, -0.1) is 11.3 Å². The van der Waals surface area contributed by atoms with E-state index >= 15 is 0 Å². The minimum absolute atomic E-state index is 0.164. The van der Waals surface area contributed by atoms with E-state index in [1.165, 1.54) is 16.9 Å². The van der Waals surface area contributed by atoms with Crippen molar-refractivity contribution in [3.8, 4) is 17.0 Å². The first kappa shape index (κ1) is 18.3. The van der Waals surface area contributed by atoms with Crippen LogP contribution in [0, 0.1) is 12.3 Å². The topological polar surface area (TPSA) is 69.4 Å². The Kier molecular flexibility index (Phi) is 4.88. The fourth-order valence-electron chi connectivity index (χ4n) is 3.18. The van der Waals surface area contributed by atoms with Crippen LogP contribution in [0.1, 0.15) is 17.5 Å². The fraction of sp³-hybridized carbons (Fsp3) is 0.182. The van der Waals surface area contributed by atoms with Crippen molar-refractivity contribution in [1.29, 1.82) is 5.41 Å². The summed E-state index contributed by atoms with van der Waals surface area (Å²) in [6.07, 6.45) is 0. The second-order valence-corrected chi connectivity index (χ2v) is 7.45. The Morgan fingerprint density at radius 1 is 1.21 bits per heavy atom. The summed E-state index contributed by atoms with van der Waals surface area (Å²) in [6.45, 7) is 4.82. The molecule has 0 saturated carbocycles. The summed E-state index contributed by atoms with van der Waals surface area (Å²) in [4.78, 5) is 6.44. The van der Waals surface area contributed by atoms with Crippen LogP contribution in [0.15, 0.2) is 59.7 Å². The standard InChI is InChI=1S/C22H21N3O2S/c1-3-27-17-6-4-5-16(11-17)25-12-19(26)20(21(25)23)22-24-18(13-28-22)15-9-7-14(2)8-10-15/h4-11,13,23,26H,3,12H2,1-2H3. The van der Waals surface area contributed by atoms with Crippen molar-refractivity contribution in [3.05, 3.63) is 70.2 Å². The number of amidine groups is 1. The molecule has 1 aromatic heterocycles. The van der Waals surface area contributed by atoms with E-state index < -0.39 is 0 Å². The molecule has 0 atom stereocenters. The number of nitrogens with one attached hydrogen (secondary N) is 1. The zero-order chi connectivity index (χ0) is 19.7. The number of hydrogen-bond donors (Lipinski definition) is 2. The molecular weight excluding hydrogens is 370 g/mol. The zero-order valence-corrected chi connectivity index (χ0v) is 16.6. The molecule has 0 saturated heterocycles. The van der Waals surface area contributed by atoms with Crippen LogP contribution in [0.25, 0.3) is 16.8 Å². The summed E-state index contributed by atoms with van der Waals surface area (Å²) < 4.78 is 5.56. The van der Waals surface area contributed by atoms with Gasteiger partial charge in [0.05, 0.1) is 24.4 Å². The number of aromatic nitrogens is 1. The van der Waals surface area contributed by atoms with Crippen molar-refractivity contribution in [1.82, 2.24) is 4.98 Å². The third-order valence-corrected chi connectivity index (χ3v) is 5.47. The minimum Gasteiger partial charge on any atom is -0.510 e. The average molecular weight is 391 g/mol. The van der Waals surface area contributed by atoms with Gasteiger partial charge in [-0.1, -0.05) is 35.9 Å². The molecule has 0 bridgehead atoms. The van der Waals surface area contributed by atoms with Gasteiger partial charge in [0, 0.05) is 22.7 Å². The third-order valence-electron chi connectivity index (χ3n) is 4.61. The lowest BCUT2D eigenvalue weighted by Crippen LogP contribution is -2.26. The molecule has 2 aromatic carbocycles. The van der Waals surface area contributed by atoms with E-state index in [0.717, 1.165) is 22.7 Å². The van der Waals surface area contributed by atoms with Crippen molar-refractivity contribution in [2.45, 2.75) is 13.8 Å². The van der Waals surface area contributed by atoms with Gasteiger partial charge in [0.15, 0.2) is 0 Å². The molecule has 28 heavy (non-hydrogen) atoms. The van der Waals surface area contributed by atoms with Crippen molar-refractivity contribution in [2.75, 3.05) is 18.1 Å². The Balaban J connectivity index is 1.61. The van der Waals surface area contributed by atoms with Gasteiger partial charge in [0.1, 0.15) is 22.4 Å². The van der Waals surface area contributed by atoms with Gasteiger partial charge in [-0.3, -0.25) is 5.41 Å². The van der Waals surface area contributed by atoms with Gasteiger partial charge in [0.2, 0.25) is 0 Å². The average Bonchev–Trinajstić information content (AvgIpc) is 3.27. The first-order valence-electron chi connectivity index (χ1n) is 9.11. The molecule has 1 aliphatic heterocycles. The van der Waals surface area contributed by atoms with Gasteiger partial charge in [-0.05, 0) is 26.0 Å². The monoisotopic (exact) mass is 391 g/mol. The number of rotatable bonds is 5. The highest BCUT2D eigenvalue weighted by atomic mass is 32.1. The summed E-state index contributed by atoms with van der Waals surface area (Å²) in [5.74, 6) is 1.16. The number of ether oxygens (including phenoxy) is 1. The van der Waals surface area contributed by atoms with E-state index in [2.05, 4.69) is 17.1 Å². The molecule has 6 heteroatoms. The van der Waals surface area contributed by atoms with Crippen LogP contribution >= 0.6 is 11.3 Å². The number of benzene rings is 2. The Morgan fingerprint density at radius 2 is 2.00 bits per heavy atom. The van der Waals surface area contributed by atoms with E-state index in [9.17, 15) is 5.11 Å². The predicted octanol–water partition coefficient (Wildman–Crippen LogP) is 5.28. The Hall–Kier alpha value is -3.12. The summed E-state index contributed by atoms with van der Waals surface area (Å²) in [5, 5.41) is 21.8. The number of anilines is 1. The summed E-state index contributed by atoms with van der Waals surface area (Å²) >= 11 is 1.44. The number of aliphatic hydroxyl groups is 1. The molecule has 0 fully saturated rings. The largest absolute Gasteiger partial charge is 0.510 e. The molecule has 5 nitrogen and oxygen atoms in total. The van der Waals surface area contributed by atoms with E-state index in [0.29, 0.717) is 17.2 Å². The van der Waals surface area contributed by atoms with E-state index in [1.807, 2.05) is 55.6 Å². The van der Waals surface area contributed by atoms with E-state index in [1.54, 1.807) is 4.90 Å². The number of aryl methyl sites for hydroxylation is 1. The van der Waals surface area contributed by atoms with Crippen molar-refractivity contribution in [3.63, 3.8) is 0 Å². The van der Waals surface area contributed by atoms with Crippen molar-refractivity contribution < 1.29 is 9.84 Å². The smallest absolute Gasteiger partial charge is 0.139 e. The maximum absolute atomic E-state index is 10.6. The number of nitrogens with zero attached hydrogens (tertiary/aromatic N) is 2. The second-order valence-electron chi connectivity index (χ2n) is 6.59. The van der Waals surface area contributed by atoms with Gasteiger partial charge < -0.3 is 14.7 Å². The SMILES string of the molecule is CCOc1cccc(N2CC(O)=C(c3nc(-c4ccc(C)cc4)cs3)C2=N)c1. The summed E-state index contributed by atoms with van der Waals surface area (Å²) in [5.41, 5.74) is 4.38. The maximum Gasteiger partial charge on any atom is 0.139 e. The van der Waals surface area contributed by atoms with Crippen molar-refractivity contribution in [2.24, 2.45) is 0 Å². The maximum atomic E-state index is 10.6. The molecule has 3 aromatic rings. The van der Waals surface area contributed by atoms with Gasteiger partial charge in [0.25, 0.3) is 0 Å². The molecule has 0 aliphatic carbocycles. The van der Waals surface area contributed by atoms with E-state index in [4.69, 9.17) is 10.1 Å². The second kappa shape index (κ2) is 7.48. The van der Waals surface area contributed by atoms with Crippen LogP contribution in [0.4, 0.5) is 5.69 Å². The Labute approximate surface area is 168 Å². The molecule has 0 amide bonds. The summed E-state index contributed by atoms with van der Waals surface area (Å²) in [7, 11) is 0. The fourth-order valence-corrected chi connectivity index (χ4v) is 4.07. The first-order chi connectivity index (χ1) is 13.6. The first-order valence-corrected chi connectivity index (χ1v) is 9.99. The van der Waals surface area contributed by atoms with Crippen molar-refractivity contribution >= 4 is 28.4 Å². The van der Waals surface area contributed by atoms with Crippen LogP contribution < -0.4 is 9.64 Å². The summed E-state index contributed by atoms with van der Waals surface area (Å²) in [6, 6.07) is 15.7. The quantitative estimate of drug-likeness (QED) is 0.620. The van der Waals surface area contributed by atoms with Gasteiger partial charge >= 0.3 is 0 Å². The lowest BCUT2D eigenvalue weighted by atomic mass is 10.1. The zero-order valence-electron chi connectivity index (χ0n) is 15.8. The van der Waals surface area contributed by atoms with Crippen LogP contribution in [-0.4, -0.2) is 29.1 Å². The molecule has 1 aliphatic rings. The number of thiazole rings is 1. The van der Waals surface area contributed by atoms with Gasteiger partial charge in [-0.25, -0.2) is 4.98 Å². The van der Waals surface area contributed by atoms with Gasteiger partial charge in [-0.2, -0.15) is 0 Å². The van der Waals surface area contributed by atoms with Crippen LogP contribution in [0.2, 0.25) is 0 Å². The molecule has 2 heterocycles. The van der Waals surface area contributed by atoms with Crippen LogP contribution in [0.3, 0.4) is 0 Å². The normalized spacial score (nSPS) is 14.1. The molecule has 2 N–H and O–H groups in total. The minimum atomic E-state index is 0.164. The molecule has 0 spiro atoms. The third kappa shape index (κ3) is 3.39. The lowest BCUT2D eigenvalue weighted by molar-refractivity contribution is 0.340. The molecule has 4 rings (SSSR count). The number of aliphatic hydroxyl groups excluding tert-OH is 1.